The molecule has 1 aliphatic carbocycles. The normalized spacial score (nSPS) is 20.9. The highest BCUT2D eigenvalue weighted by Crippen LogP contribution is 2.22. The zero-order valence-corrected chi connectivity index (χ0v) is 17.5. The number of H-pyrrole nitrogens is 1. The first-order valence-corrected chi connectivity index (χ1v) is 11.3. The summed E-state index contributed by atoms with van der Waals surface area (Å²) in [4.78, 5) is 31.7. The molecule has 2 amide bonds. The summed E-state index contributed by atoms with van der Waals surface area (Å²) in [5, 5.41) is 10.4. The number of aromatic nitrogens is 3. The van der Waals surface area contributed by atoms with Gasteiger partial charge in [-0.15, -0.1) is 0 Å². The Morgan fingerprint density at radius 1 is 1.00 bits per heavy atom. The Morgan fingerprint density at radius 3 is 2.50 bits per heavy atom. The molecule has 2 aromatic heterocycles. The van der Waals surface area contributed by atoms with Crippen molar-refractivity contribution in [2.24, 2.45) is 5.92 Å². The Bertz CT molecular complexity index is 842. The largest absolute Gasteiger partial charge is 0.353 e. The van der Waals surface area contributed by atoms with Crippen molar-refractivity contribution in [3.63, 3.8) is 0 Å². The lowest BCUT2D eigenvalue weighted by molar-refractivity contribution is -0.127. The number of pyridine rings is 1. The van der Waals surface area contributed by atoms with Crippen molar-refractivity contribution in [2.75, 3.05) is 13.1 Å². The Kier molecular flexibility index (Phi) is 6.77. The number of likely N-dealkylation sites (tertiary alicyclic amines) is 1. The minimum atomic E-state index is -0.129. The number of amides is 2. The topological polar surface area (TPSA) is 91.0 Å². The monoisotopic (exact) mass is 409 g/mol. The van der Waals surface area contributed by atoms with Crippen molar-refractivity contribution >= 4 is 11.8 Å². The van der Waals surface area contributed by atoms with E-state index in [4.69, 9.17) is 0 Å². The number of hydrogen-bond acceptors (Lipinski definition) is 4. The van der Waals surface area contributed by atoms with Gasteiger partial charge in [0.05, 0.1) is 11.6 Å². The molecule has 0 aromatic carbocycles. The van der Waals surface area contributed by atoms with Gasteiger partial charge in [-0.3, -0.25) is 19.7 Å². The molecule has 4 rings (SSSR count). The van der Waals surface area contributed by atoms with E-state index in [0.717, 1.165) is 36.9 Å². The van der Waals surface area contributed by atoms with Gasteiger partial charge in [0.25, 0.3) is 5.91 Å². The molecule has 160 valence electrons. The first kappa shape index (κ1) is 20.6. The molecule has 1 saturated heterocycles. The summed E-state index contributed by atoms with van der Waals surface area (Å²) in [6.45, 7) is 1.15. The predicted octanol–water partition coefficient (Wildman–Crippen LogP) is 3.55. The number of hydrogen-bond donors (Lipinski definition) is 2. The van der Waals surface area contributed by atoms with Crippen LogP contribution in [-0.4, -0.2) is 51.0 Å². The van der Waals surface area contributed by atoms with Gasteiger partial charge in [0.1, 0.15) is 5.69 Å². The SMILES string of the molecule is O=C(NC1CCCCCCC1)[C@@H]1CCCN(C(=O)c2cc(-c3ccncc3)n[nH]2)C1. The maximum atomic E-state index is 13.0. The molecule has 0 bridgehead atoms. The van der Waals surface area contributed by atoms with Crippen LogP contribution in [0.4, 0.5) is 0 Å². The first-order valence-electron chi connectivity index (χ1n) is 11.3. The summed E-state index contributed by atoms with van der Waals surface area (Å²) in [7, 11) is 0. The fraction of sp³-hybridized carbons (Fsp3) is 0.565. The fourth-order valence-electron chi connectivity index (χ4n) is 4.57. The van der Waals surface area contributed by atoms with Crippen molar-refractivity contribution < 1.29 is 9.59 Å². The second-order valence-electron chi connectivity index (χ2n) is 8.54. The van der Waals surface area contributed by atoms with Crippen molar-refractivity contribution in [3.8, 4) is 11.3 Å². The second-order valence-corrected chi connectivity index (χ2v) is 8.54. The molecule has 0 unspecified atom stereocenters. The molecule has 1 aliphatic heterocycles. The summed E-state index contributed by atoms with van der Waals surface area (Å²) < 4.78 is 0. The van der Waals surface area contributed by atoms with Crippen LogP contribution in [0.1, 0.15) is 68.3 Å². The Balaban J connectivity index is 1.35. The first-order chi connectivity index (χ1) is 14.7. The fourth-order valence-corrected chi connectivity index (χ4v) is 4.57. The molecule has 3 heterocycles. The van der Waals surface area contributed by atoms with Crippen LogP contribution in [0.5, 0.6) is 0 Å². The van der Waals surface area contributed by atoms with Crippen LogP contribution in [0, 0.1) is 5.92 Å². The molecule has 0 spiro atoms. The van der Waals surface area contributed by atoms with Gasteiger partial charge in [0.2, 0.25) is 5.91 Å². The third-order valence-corrected chi connectivity index (χ3v) is 6.32. The summed E-state index contributed by atoms with van der Waals surface area (Å²) >= 11 is 0. The molecule has 7 heteroatoms. The van der Waals surface area contributed by atoms with Crippen LogP contribution in [0.3, 0.4) is 0 Å². The number of carbonyl (C=O) groups is 2. The van der Waals surface area contributed by atoms with Crippen molar-refractivity contribution in [3.05, 3.63) is 36.3 Å². The third-order valence-electron chi connectivity index (χ3n) is 6.32. The van der Waals surface area contributed by atoms with E-state index in [1.165, 1.54) is 32.1 Å². The van der Waals surface area contributed by atoms with E-state index in [1.54, 1.807) is 23.4 Å². The molecule has 2 aromatic rings. The highest BCUT2D eigenvalue weighted by molar-refractivity contribution is 5.94. The van der Waals surface area contributed by atoms with E-state index in [9.17, 15) is 9.59 Å². The van der Waals surface area contributed by atoms with E-state index in [-0.39, 0.29) is 17.7 Å². The second kappa shape index (κ2) is 9.87. The van der Waals surface area contributed by atoms with Gasteiger partial charge in [-0.05, 0) is 43.9 Å². The number of nitrogens with one attached hydrogen (secondary N) is 2. The number of carbonyl (C=O) groups excluding carboxylic acids is 2. The number of rotatable bonds is 4. The summed E-state index contributed by atoms with van der Waals surface area (Å²) in [6, 6.07) is 5.79. The Morgan fingerprint density at radius 2 is 1.73 bits per heavy atom. The lowest BCUT2D eigenvalue weighted by Gasteiger charge is -2.33. The van der Waals surface area contributed by atoms with E-state index >= 15 is 0 Å². The molecule has 2 aliphatic rings. The number of nitrogens with zero attached hydrogens (tertiary/aromatic N) is 3. The minimum absolute atomic E-state index is 0.0914. The average molecular weight is 410 g/mol. The van der Waals surface area contributed by atoms with Crippen LogP contribution in [0.25, 0.3) is 11.3 Å². The highest BCUT2D eigenvalue weighted by Gasteiger charge is 2.30. The molecule has 1 saturated carbocycles. The van der Waals surface area contributed by atoms with E-state index in [2.05, 4.69) is 20.5 Å². The van der Waals surface area contributed by atoms with Crippen LogP contribution >= 0.6 is 0 Å². The zero-order valence-electron chi connectivity index (χ0n) is 17.5. The van der Waals surface area contributed by atoms with Crippen molar-refractivity contribution in [1.82, 2.24) is 25.4 Å². The molecule has 2 N–H and O–H groups in total. The lowest BCUT2D eigenvalue weighted by atomic mass is 9.93. The zero-order chi connectivity index (χ0) is 20.8. The number of aromatic amines is 1. The van der Waals surface area contributed by atoms with Gasteiger partial charge in [0.15, 0.2) is 0 Å². The molecule has 2 fully saturated rings. The molecule has 30 heavy (non-hydrogen) atoms. The maximum absolute atomic E-state index is 13.0. The standard InChI is InChI=1S/C23H31N5O2/c29-22(25-19-8-4-2-1-3-5-9-19)18-7-6-14-28(16-18)23(30)21-15-20(26-27-21)17-10-12-24-13-11-17/h10-13,15,18-19H,1-9,14,16H2,(H,25,29)(H,26,27)/t18-/m1/s1. The number of piperidine rings is 1. The summed E-state index contributed by atoms with van der Waals surface area (Å²) in [6.07, 6.45) is 13.5. The van der Waals surface area contributed by atoms with Crippen LogP contribution in [0.2, 0.25) is 0 Å². The van der Waals surface area contributed by atoms with E-state index in [1.807, 2.05) is 12.1 Å². The van der Waals surface area contributed by atoms with Gasteiger partial charge < -0.3 is 10.2 Å². The van der Waals surface area contributed by atoms with E-state index < -0.39 is 0 Å². The maximum Gasteiger partial charge on any atom is 0.271 e. The minimum Gasteiger partial charge on any atom is -0.353 e. The summed E-state index contributed by atoms with van der Waals surface area (Å²) in [5.74, 6) is -0.109. The highest BCUT2D eigenvalue weighted by atomic mass is 16.2. The summed E-state index contributed by atoms with van der Waals surface area (Å²) in [5.41, 5.74) is 2.09. The van der Waals surface area contributed by atoms with Crippen molar-refractivity contribution in [2.45, 2.75) is 63.8 Å². The smallest absolute Gasteiger partial charge is 0.271 e. The Hall–Kier alpha value is -2.70. The van der Waals surface area contributed by atoms with Crippen LogP contribution in [-0.2, 0) is 4.79 Å². The quantitative estimate of drug-likeness (QED) is 0.808. The van der Waals surface area contributed by atoms with E-state index in [0.29, 0.717) is 24.8 Å². The molecule has 0 radical (unpaired) electrons. The van der Waals surface area contributed by atoms with Crippen molar-refractivity contribution in [1.29, 1.82) is 0 Å². The van der Waals surface area contributed by atoms with Gasteiger partial charge in [0, 0.05) is 37.1 Å². The van der Waals surface area contributed by atoms with Gasteiger partial charge >= 0.3 is 0 Å². The Labute approximate surface area is 177 Å². The molecular weight excluding hydrogens is 378 g/mol. The molecular formula is C23H31N5O2. The van der Waals surface area contributed by atoms with Gasteiger partial charge in [-0.25, -0.2) is 0 Å². The lowest BCUT2D eigenvalue weighted by Crippen LogP contribution is -2.47. The van der Waals surface area contributed by atoms with Gasteiger partial charge in [-0.1, -0.05) is 32.1 Å². The molecule has 7 nitrogen and oxygen atoms in total. The van der Waals surface area contributed by atoms with Crippen LogP contribution in [0.15, 0.2) is 30.6 Å². The van der Waals surface area contributed by atoms with Crippen LogP contribution < -0.4 is 5.32 Å². The van der Waals surface area contributed by atoms with Gasteiger partial charge in [-0.2, -0.15) is 5.10 Å². The average Bonchev–Trinajstić information content (AvgIpc) is 3.26. The predicted molar refractivity (Wildman–Crippen MR) is 115 cm³/mol. The third kappa shape index (κ3) is 5.07. The molecule has 1 atom stereocenters.